The highest BCUT2D eigenvalue weighted by Gasteiger charge is 2.38. The summed E-state index contributed by atoms with van der Waals surface area (Å²) < 4.78 is 26.9. The largest absolute Gasteiger partial charge is 0.363 e. The highest BCUT2D eigenvalue weighted by atomic mass is 35.5. The average molecular weight is 305 g/mol. The number of hydrogen-bond donors (Lipinski definition) is 1. The smallest absolute Gasteiger partial charge is 0.244 e. The van der Waals surface area contributed by atoms with Crippen LogP contribution < -0.4 is 0 Å². The maximum Gasteiger partial charge on any atom is 0.244 e. The fraction of sp³-hybridized carbons (Fsp3) is 0.692. The molecule has 108 valence electrons. The van der Waals surface area contributed by atoms with Crippen LogP contribution in [0.4, 0.5) is 0 Å². The Balaban J connectivity index is 2.18. The Morgan fingerprint density at radius 3 is 2.63 bits per heavy atom. The second kappa shape index (κ2) is 5.85. The van der Waals surface area contributed by atoms with Crippen molar-refractivity contribution in [2.45, 2.75) is 49.9 Å². The van der Waals surface area contributed by atoms with E-state index in [0.29, 0.717) is 23.2 Å². The summed E-state index contributed by atoms with van der Waals surface area (Å²) in [5, 5.41) is 0. The summed E-state index contributed by atoms with van der Waals surface area (Å²) in [4.78, 5) is 3.24. The van der Waals surface area contributed by atoms with Gasteiger partial charge < -0.3 is 4.98 Å². The number of nitrogens with one attached hydrogen (secondary N) is 1. The van der Waals surface area contributed by atoms with Crippen LogP contribution in [0.25, 0.3) is 0 Å². The summed E-state index contributed by atoms with van der Waals surface area (Å²) in [6, 6.07) is 1.82. The first-order valence-corrected chi connectivity index (χ1v) is 8.67. The SMILES string of the molecule is CC(C)CCN(C1CC1)S(=O)(=O)c1c[nH]c(CCl)c1. The van der Waals surface area contributed by atoms with Gasteiger partial charge in [-0.25, -0.2) is 8.42 Å². The summed E-state index contributed by atoms with van der Waals surface area (Å²) in [5.41, 5.74) is 0.736. The number of halogens is 1. The summed E-state index contributed by atoms with van der Waals surface area (Å²) in [7, 11) is -3.38. The van der Waals surface area contributed by atoms with Gasteiger partial charge in [0.05, 0.1) is 10.8 Å². The van der Waals surface area contributed by atoms with E-state index in [9.17, 15) is 8.42 Å². The summed E-state index contributed by atoms with van der Waals surface area (Å²) in [6.07, 6.45) is 4.38. The Kier molecular flexibility index (Phi) is 4.58. The third-order valence-electron chi connectivity index (χ3n) is 3.35. The summed E-state index contributed by atoms with van der Waals surface area (Å²) in [6.45, 7) is 4.82. The second-order valence-corrected chi connectivity index (χ2v) is 7.68. The van der Waals surface area contributed by atoms with Crippen LogP contribution in [0.2, 0.25) is 0 Å². The molecule has 0 bridgehead atoms. The second-order valence-electron chi connectivity index (χ2n) is 5.52. The van der Waals surface area contributed by atoms with E-state index in [0.717, 1.165) is 25.0 Å². The molecule has 1 aromatic heterocycles. The van der Waals surface area contributed by atoms with Crippen LogP contribution in [0.1, 0.15) is 38.8 Å². The molecule has 1 N–H and O–H groups in total. The summed E-state index contributed by atoms with van der Waals surface area (Å²) >= 11 is 5.71. The van der Waals surface area contributed by atoms with Gasteiger partial charge >= 0.3 is 0 Å². The van der Waals surface area contributed by atoms with E-state index in [1.165, 1.54) is 6.20 Å². The molecule has 19 heavy (non-hydrogen) atoms. The normalized spacial score (nSPS) is 16.5. The molecule has 0 saturated heterocycles. The molecule has 1 fully saturated rings. The van der Waals surface area contributed by atoms with Crippen molar-refractivity contribution in [3.63, 3.8) is 0 Å². The van der Waals surface area contributed by atoms with Crippen molar-refractivity contribution >= 4 is 21.6 Å². The van der Waals surface area contributed by atoms with Crippen molar-refractivity contribution in [3.8, 4) is 0 Å². The topological polar surface area (TPSA) is 53.2 Å². The standard InChI is InChI=1S/C13H21ClN2O2S/c1-10(2)5-6-16(12-3-4-12)19(17,18)13-7-11(8-14)15-9-13/h7,9-10,12,15H,3-6,8H2,1-2H3. The highest BCUT2D eigenvalue weighted by molar-refractivity contribution is 7.89. The minimum absolute atomic E-state index is 0.193. The zero-order chi connectivity index (χ0) is 14.0. The van der Waals surface area contributed by atoms with Gasteiger partial charge in [0.25, 0.3) is 0 Å². The molecule has 0 amide bonds. The zero-order valence-corrected chi connectivity index (χ0v) is 13.0. The lowest BCUT2D eigenvalue weighted by Crippen LogP contribution is -2.34. The van der Waals surface area contributed by atoms with E-state index in [1.54, 1.807) is 10.4 Å². The number of H-pyrrole nitrogens is 1. The monoisotopic (exact) mass is 304 g/mol. The molecule has 1 aliphatic rings. The predicted molar refractivity (Wildman–Crippen MR) is 76.7 cm³/mol. The number of aromatic amines is 1. The van der Waals surface area contributed by atoms with Crippen molar-refractivity contribution in [1.29, 1.82) is 0 Å². The molecule has 0 unspecified atom stereocenters. The summed E-state index contributed by atoms with van der Waals surface area (Å²) in [5.74, 6) is 0.798. The Hall–Kier alpha value is -0.520. The zero-order valence-electron chi connectivity index (χ0n) is 11.4. The number of alkyl halides is 1. The molecule has 0 radical (unpaired) electrons. The number of rotatable bonds is 7. The lowest BCUT2D eigenvalue weighted by atomic mass is 10.1. The highest BCUT2D eigenvalue weighted by Crippen LogP contribution is 2.32. The van der Waals surface area contributed by atoms with E-state index in [-0.39, 0.29) is 6.04 Å². The van der Waals surface area contributed by atoms with Gasteiger partial charge in [-0.3, -0.25) is 0 Å². The maximum atomic E-state index is 12.6. The van der Waals surface area contributed by atoms with Crippen LogP contribution in [-0.4, -0.2) is 30.3 Å². The van der Waals surface area contributed by atoms with Crippen LogP contribution in [0.3, 0.4) is 0 Å². The van der Waals surface area contributed by atoms with E-state index in [2.05, 4.69) is 18.8 Å². The van der Waals surface area contributed by atoms with Crippen molar-refractivity contribution in [3.05, 3.63) is 18.0 Å². The fourth-order valence-electron chi connectivity index (χ4n) is 2.03. The van der Waals surface area contributed by atoms with Gasteiger partial charge in [-0.05, 0) is 31.2 Å². The molecule has 1 saturated carbocycles. The quantitative estimate of drug-likeness (QED) is 0.787. The molecule has 1 aromatic rings. The number of nitrogens with zero attached hydrogens (tertiary/aromatic N) is 1. The van der Waals surface area contributed by atoms with Crippen LogP contribution in [0, 0.1) is 5.92 Å². The molecular weight excluding hydrogens is 284 g/mol. The minimum Gasteiger partial charge on any atom is -0.363 e. The van der Waals surface area contributed by atoms with E-state index >= 15 is 0 Å². The van der Waals surface area contributed by atoms with Gasteiger partial charge in [-0.1, -0.05) is 13.8 Å². The van der Waals surface area contributed by atoms with Crippen LogP contribution in [-0.2, 0) is 15.9 Å². The van der Waals surface area contributed by atoms with Crippen molar-refractivity contribution in [2.24, 2.45) is 5.92 Å². The lowest BCUT2D eigenvalue weighted by molar-refractivity contribution is 0.373. The Morgan fingerprint density at radius 2 is 2.16 bits per heavy atom. The fourth-order valence-corrected chi connectivity index (χ4v) is 3.90. The van der Waals surface area contributed by atoms with E-state index in [1.807, 2.05) is 0 Å². The number of aromatic nitrogens is 1. The molecule has 6 heteroatoms. The third kappa shape index (κ3) is 3.52. The molecule has 0 spiro atoms. The lowest BCUT2D eigenvalue weighted by Gasteiger charge is -2.22. The van der Waals surface area contributed by atoms with Crippen LogP contribution in [0.15, 0.2) is 17.2 Å². The first-order valence-electron chi connectivity index (χ1n) is 6.70. The van der Waals surface area contributed by atoms with Gasteiger partial charge in [-0.2, -0.15) is 4.31 Å². The van der Waals surface area contributed by atoms with Gasteiger partial charge in [0.15, 0.2) is 0 Å². The van der Waals surface area contributed by atoms with Gasteiger partial charge in [-0.15, -0.1) is 11.6 Å². The molecule has 4 nitrogen and oxygen atoms in total. The molecule has 1 heterocycles. The van der Waals surface area contributed by atoms with Crippen molar-refractivity contribution in [1.82, 2.24) is 9.29 Å². The van der Waals surface area contributed by atoms with Crippen molar-refractivity contribution < 1.29 is 8.42 Å². The molecule has 1 aliphatic carbocycles. The first-order chi connectivity index (χ1) is 8.95. The third-order valence-corrected chi connectivity index (χ3v) is 5.57. The average Bonchev–Trinajstić information content (AvgIpc) is 3.05. The van der Waals surface area contributed by atoms with Crippen LogP contribution >= 0.6 is 11.6 Å². The number of hydrogen-bond acceptors (Lipinski definition) is 2. The Labute approximate surface area is 120 Å². The minimum atomic E-state index is -3.38. The van der Waals surface area contributed by atoms with Gasteiger partial charge in [0.1, 0.15) is 0 Å². The van der Waals surface area contributed by atoms with Gasteiger partial charge in [0.2, 0.25) is 10.0 Å². The predicted octanol–water partition coefficient (Wildman–Crippen LogP) is 2.95. The molecule has 0 atom stereocenters. The van der Waals surface area contributed by atoms with Crippen LogP contribution in [0.5, 0.6) is 0 Å². The molecular formula is C13H21ClN2O2S. The molecule has 2 rings (SSSR count). The maximum absolute atomic E-state index is 12.6. The first kappa shape index (κ1) is 14.9. The Bertz CT molecular complexity index is 521. The molecule has 0 aliphatic heterocycles. The van der Waals surface area contributed by atoms with Gasteiger partial charge in [0, 0.05) is 24.5 Å². The molecule has 0 aromatic carbocycles. The van der Waals surface area contributed by atoms with E-state index < -0.39 is 10.0 Å². The number of sulfonamides is 1. The Morgan fingerprint density at radius 1 is 1.47 bits per heavy atom. The van der Waals surface area contributed by atoms with E-state index in [4.69, 9.17) is 11.6 Å². The van der Waals surface area contributed by atoms with Crippen molar-refractivity contribution in [2.75, 3.05) is 6.54 Å².